The minimum atomic E-state index is -0.432. The van der Waals surface area contributed by atoms with E-state index < -0.39 is 5.97 Å². The van der Waals surface area contributed by atoms with Crippen molar-refractivity contribution in [1.82, 2.24) is 0 Å². The Bertz CT molecular complexity index is 596. The molecule has 2 aromatic rings. The average Bonchev–Trinajstić information content (AvgIpc) is 2.47. The van der Waals surface area contributed by atoms with E-state index in [9.17, 15) is 4.79 Å². The van der Waals surface area contributed by atoms with Crippen LogP contribution in [0.2, 0.25) is 0 Å². The van der Waals surface area contributed by atoms with Gasteiger partial charge in [-0.1, -0.05) is 30.3 Å². The normalized spacial score (nSPS) is 11.7. The van der Waals surface area contributed by atoms with E-state index in [0.29, 0.717) is 17.0 Å². The summed E-state index contributed by atoms with van der Waals surface area (Å²) < 4.78 is 10.6. The number of hydrogen-bond acceptors (Lipinski definition) is 4. The summed E-state index contributed by atoms with van der Waals surface area (Å²) >= 11 is 0. The van der Waals surface area contributed by atoms with Gasteiger partial charge in [-0.2, -0.15) is 0 Å². The Labute approximate surface area is 118 Å². The van der Waals surface area contributed by atoms with Crippen molar-refractivity contribution in [3.05, 3.63) is 59.7 Å². The smallest absolute Gasteiger partial charge is 0.342 e. The molecule has 4 heteroatoms. The monoisotopic (exact) mass is 271 g/mol. The molecule has 0 fully saturated rings. The van der Waals surface area contributed by atoms with Crippen LogP contribution in [-0.2, 0) is 4.74 Å². The van der Waals surface area contributed by atoms with Crippen LogP contribution >= 0.6 is 0 Å². The van der Waals surface area contributed by atoms with Gasteiger partial charge in [0.2, 0.25) is 0 Å². The van der Waals surface area contributed by atoms with Crippen LogP contribution in [-0.4, -0.2) is 13.1 Å². The lowest BCUT2D eigenvalue weighted by molar-refractivity contribution is 0.0334. The van der Waals surface area contributed by atoms with Crippen molar-refractivity contribution in [2.75, 3.05) is 12.8 Å². The highest BCUT2D eigenvalue weighted by Gasteiger charge is 2.17. The number of nitrogens with two attached hydrogens (primary N) is 1. The maximum Gasteiger partial charge on any atom is 0.342 e. The van der Waals surface area contributed by atoms with E-state index in [-0.39, 0.29) is 6.10 Å². The van der Waals surface area contributed by atoms with Gasteiger partial charge in [0.1, 0.15) is 17.4 Å². The third kappa shape index (κ3) is 3.09. The second-order valence-electron chi connectivity index (χ2n) is 4.42. The molecule has 0 amide bonds. The first kappa shape index (κ1) is 13.9. The van der Waals surface area contributed by atoms with Gasteiger partial charge in [0.15, 0.2) is 0 Å². The molecule has 0 heterocycles. The summed E-state index contributed by atoms with van der Waals surface area (Å²) in [4.78, 5) is 12.2. The third-order valence-corrected chi connectivity index (χ3v) is 3.00. The number of benzene rings is 2. The predicted molar refractivity (Wildman–Crippen MR) is 77.7 cm³/mol. The van der Waals surface area contributed by atoms with Crippen LogP contribution in [0.5, 0.6) is 5.75 Å². The number of nitrogen functional groups attached to an aromatic ring is 1. The Morgan fingerprint density at radius 3 is 2.50 bits per heavy atom. The summed E-state index contributed by atoms with van der Waals surface area (Å²) in [5, 5.41) is 0. The van der Waals surface area contributed by atoms with Crippen molar-refractivity contribution in [3.63, 3.8) is 0 Å². The lowest BCUT2D eigenvalue weighted by Crippen LogP contribution is -2.10. The van der Waals surface area contributed by atoms with E-state index in [4.69, 9.17) is 15.2 Å². The largest absolute Gasteiger partial charge is 0.496 e. The Kier molecular flexibility index (Phi) is 4.25. The molecule has 0 radical (unpaired) electrons. The molecule has 0 saturated carbocycles. The van der Waals surface area contributed by atoms with Crippen LogP contribution in [0.25, 0.3) is 0 Å². The Morgan fingerprint density at radius 2 is 1.85 bits per heavy atom. The second kappa shape index (κ2) is 6.10. The molecule has 0 aliphatic heterocycles. The van der Waals surface area contributed by atoms with Crippen LogP contribution in [0.1, 0.15) is 28.9 Å². The highest BCUT2D eigenvalue weighted by molar-refractivity contribution is 5.93. The van der Waals surface area contributed by atoms with Crippen LogP contribution in [0, 0.1) is 0 Å². The van der Waals surface area contributed by atoms with Gasteiger partial charge in [0.25, 0.3) is 0 Å². The second-order valence-corrected chi connectivity index (χ2v) is 4.42. The highest BCUT2D eigenvalue weighted by Crippen LogP contribution is 2.25. The summed E-state index contributed by atoms with van der Waals surface area (Å²) in [5.74, 6) is -0.0199. The van der Waals surface area contributed by atoms with Crippen molar-refractivity contribution in [2.45, 2.75) is 13.0 Å². The molecule has 2 N–H and O–H groups in total. The summed E-state index contributed by atoms with van der Waals surface area (Å²) in [7, 11) is 1.49. The Balaban J connectivity index is 2.16. The minimum absolute atomic E-state index is 0.328. The lowest BCUT2D eigenvalue weighted by Gasteiger charge is -2.15. The number of carbonyl (C=O) groups is 1. The van der Waals surface area contributed by atoms with E-state index in [1.165, 1.54) is 7.11 Å². The number of methoxy groups -OCH3 is 1. The molecule has 0 saturated heterocycles. The van der Waals surface area contributed by atoms with Crippen molar-refractivity contribution >= 4 is 11.7 Å². The van der Waals surface area contributed by atoms with Crippen molar-refractivity contribution in [3.8, 4) is 5.75 Å². The van der Waals surface area contributed by atoms with Gasteiger partial charge in [0.05, 0.1) is 7.11 Å². The molecule has 0 aromatic heterocycles. The Morgan fingerprint density at radius 1 is 1.15 bits per heavy atom. The molecule has 0 aliphatic rings. The SMILES string of the molecule is COc1cc(N)ccc1C(=O)OC(C)c1ccccc1. The Hall–Kier alpha value is -2.49. The van der Waals surface area contributed by atoms with Crippen molar-refractivity contribution < 1.29 is 14.3 Å². The van der Waals surface area contributed by atoms with Crippen LogP contribution < -0.4 is 10.5 Å². The number of rotatable bonds is 4. The molecule has 0 bridgehead atoms. The summed E-state index contributed by atoms with van der Waals surface area (Å²) in [6, 6.07) is 14.4. The zero-order valence-electron chi connectivity index (χ0n) is 11.5. The van der Waals surface area contributed by atoms with Crippen molar-refractivity contribution in [1.29, 1.82) is 0 Å². The fourth-order valence-corrected chi connectivity index (χ4v) is 1.89. The first-order valence-electron chi connectivity index (χ1n) is 6.31. The molecular weight excluding hydrogens is 254 g/mol. The van der Waals surface area contributed by atoms with E-state index in [2.05, 4.69) is 0 Å². The fourth-order valence-electron chi connectivity index (χ4n) is 1.89. The lowest BCUT2D eigenvalue weighted by atomic mass is 10.1. The summed E-state index contributed by atoms with van der Waals surface area (Å²) in [6.07, 6.45) is -0.328. The van der Waals surface area contributed by atoms with E-state index >= 15 is 0 Å². The van der Waals surface area contributed by atoms with Gasteiger partial charge in [-0.25, -0.2) is 4.79 Å². The first-order valence-corrected chi connectivity index (χ1v) is 6.31. The first-order chi connectivity index (χ1) is 9.61. The molecule has 20 heavy (non-hydrogen) atoms. The molecule has 0 spiro atoms. The molecular formula is C16H17NO3. The highest BCUT2D eigenvalue weighted by atomic mass is 16.5. The molecule has 1 unspecified atom stereocenters. The van der Waals surface area contributed by atoms with Gasteiger partial charge >= 0.3 is 5.97 Å². The van der Waals surface area contributed by atoms with E-state index in [1.54, 1.807) is 18.2 Å². The topological polar surface area (TPSA) is 61.5 Å². The zero-order valence-corrected chi connectivity index (χ0v) is 11.5. The standard InChI is InChI=1S/C16H17NO3/c1-11(12-6-4-3-5-7-12)20-16(18)14-9-8-13(17)10-15(14)19-2/h3-11H,17H2,1-2H3. The van der Waals surface area contributed by atoms with Crippen molar-refractivity contribution in [2.24, 2.45) is 0 Å². The maximum atomic E-state index is 12.2. The molecule has 1 atom stereocenters. The third-order valence-electron chi connectivity index (χ3n) is 3.00. The number of esters is 1. The summed E-state index contributed by atoms with van der Waals surface area (Å²) in [6.45, 7) is 1.83. The van der Waals surface area contributed by atoms with Crippen LogP contribution in [0.4, 0.5) is 5.69 Å². The summed E-state index contributed by atoms with van der Waals surface area (Å²) in [5.41, 5.74) is 7.51. The molecule has 2 aromatic carbocycles. The van der Waals surface area contributed by atoms with Gasteiger partial charge < -0.3 is 15.2 Å². The fraction of sp³-hybridized carbons (Fsp3) is 0.188. The van der Waals surface area contributed by atoms with E-state index in [0.717, 1.165) is 5.56 Å². The van der Waals surface area contributed by atoms with Gasteiger partial charge in [0, 0.05) is 11.8 Å². The average molecular weight is 271 g/mol. The molecule has 2 rings (SSSR count). The maximum absolute atomic E-state index is 12.2. The van der Waals surface area contributed by atoms with Crippen LogP contribution in [0.15, 0.2) is 48.5 Å². The minimum Gasteiger partial charge on any atom is -0.496 e. The molecule has 4 nitrogen and oxygen atoms in total. The number of hydrogen-bond donors (Lipinski definition) is 1. The zero-order chi connectivity index (χ0) is 14.5. The quantitative estimate of drug-likeness (QED) is 0.685. The van der Waals surface area contributed by atoms with Gasteiger partial charge in [-0.05, 0) is 24.6 Å². The predicted octanol–water partition coefficient (Wildman–Crippen LogP) is 3.20. The molecule has 104 valence electrons. The van der Waals surface area contributed by atoms with Gasteiger partial charge in [-0.15, -0.1) is 0 Å². The van der Waals surface area contributed by atoms with Gasteiger partial charge in [-0.3, -0.25) is 0 Å². The van der Waals surface area contributed by atoms with E-state index in [1.807, 2.05) is 37.3 Å². The molecule has 0 aliphatic carbocycles. The number of carbonyl (C=O) groups excluding carboxylic acids is 1. The number of anilines is 1. The van der Waals surface area contributed by atoms with Crippen LogP contribution in [0.3, 0.4) is 0 Å². The number of ether oxygens (including phenoxy) is 2.